The minimum atomic E-state index is -1.32. The van der Waals surface area contributed by atoms with Gasteiger partial charge >= 0.3 is 17.9 Å². The largest absolute Gasteiger partial charge is 0.478 e. The second-order valence-electron chi connectivity index (χ2n) is 4.44. The highest BCUT2D eigenvalue weighted by molar-refractivity contribution is 6.00. The summed E-state index contributed by atoms with van der Waals surface area (Å²) in [5.74, 6) is -4.39. The van der Waals surface area contributed by atoms with Crippen molar-refractivity contribution in [3.63, 3.8) is 0 Å². The Hall–Kier alpha value is -3.68. The zero-order chi connectivity index (χ0) is 18.3. The van der Waals surface area contributed by atoms with Crippen LogP contribution < -0.4 is 5.73 Å². The molecule has 0 aliphatic carbocycles. The molecule has 0 saturated carbocycles. The van der Waals surface area contributed by atoms with E-state index in [-0.39, 0.29) is 16.7 Å². The lowest BCUT2D eigenvalue weighted by Gasteiger charge is -2.01. The maximum Gasteiger partial charge on any atom is 0.335 e. The van der Waals surface area contributed by atoms with Gasteiger partial charge in [-0.05, 0) is 30.3 Å². The lowest BCUT2D eigenvalue weighted by molar-refractivity contribution is 0.0682. The average Bonchev–Trinajstić information content (AvgIpc) is 2.55. The van der Waals surface area contributed by atoms with E-state index in [1.54, 1.807) is 30.3 Å². The van der Waals surface area contributed by atoms with Crippen molar-refractivity contribution < 1.29 is 34.5 Å². The van der Waals surface area contributed by atoms with Gasteiger partial charge in [0.25, 0.3) is 0 Å². The molecule has 1 amide bonds. The zero-order valence-corrected chi connectivity index (χ0v) is 12.2. The van der Waals surface area contributed by atoms with Crippen LogP contribution in [-0.2, 0) is 0 Å². The maximum absolute atomic E-state index is 10.8. The molecule has 0 aliphatic rings. The number of amides is 1. The monoisotopic (exact) mass is 331 g/mol. The fourth-order valence-corrected chi connectivity index (χ4v) is 1.60. The standard InChI is InChI=1S/C9H7NO5.C7H6O2/c10-7(11)4-1-5(8(12)13)3-6(2-4)9(14)15;8-7(9)6-4-2-1-3-5-6/h1-3H,(H2,10,11)(H,12,13)(H,14,15);1-5H,(H,8,9). The van der Waals surface area contributed by atoms with Crippen molar-refractivity contribution >= 4 is 23.8 Å². The molecular weight excluding hydrogens is 318 g/mol. The van der Waals surface area contributed by atoms with E-state index in [2.05, 4.69) is 0 Å². The van der Waals surface area contributed by atoms with Crippen molar-refractivity contribution in [2.75, 3.05) is 0 Å². The molecule has 0 radical (unpaired) electrons. The molecule has 0 fully saturated rings. The van der Waals surface area contributed by atoms with Gasteiger partial charge < -0.3 is 21.1 Å². The topological polar surface area (TPSA) is 155 Å². The van der Waals surface area contributed by atoms with Crippen LogP contribution in [0.15, 0.2) is 48.5 Å². The molecule has 0 heterocycles. The van der Waals surface area contributed by atoms with Crippen LogP contribution in [0.1, 0.15) is 41.4 Å². The Morgan fingerprint density at radius 2 is 1.00 bits per heavy atom. The third kappa shape index (κ3) is 5.26. The molecule has 2 aromatic carbocycles. The summed E-state index contributed by atoms with van der Waals surface area (Å²) in [6.45, 7) is 0. The van der Waals surface area contributed by atoms with Crippen LogP contribution in [0.4, 0.5) is 0 Å². The lowest BCUT2D eigenvalue weighted by Crippen LogP contribution is -2.14. The molecule has 24 heavy (non-hydrogen) atoms. The summed E-state index contributed by atoms with van der Waals surface area (Å²) in [7, 11) is 0. The second kappa shape index (κ2) is 8.08. The van der Waals surface area contributed by atoms with Gasteiger partial charge in [-0.2, -0.15) is 0 Å². The number of carboxylic acids is 3. The fraction of sp³-hybridized carbons (Fsp3) is 0. The molecule has 0 saturated heterocycles. The van der Waals surface area contributed by atoms with Crippen LogP contribution in [0.25, 0.3) is 0 Å². The Bertz CT molecular complexity index is 705. The quantitative estimate of drug-likeness (QED) is 0.662. The normalized spacial score (nSPS) is 9.33. The van der Waals surface area contributed by atoms with E-state index in [1.165, 1.54) is 0 Å². The van der Waals surface area contributed by atoms with E-state index in [4.69, 9.17) is 21.1 Å². The van der Waals surface area contributed by atoms with E-state index in [0.29, 0.717) is 5.56 Å². The van der Waals surface area contributed by atoms with Crippen LogP contribution in [0.5, 0.6) is 0 Å². The van der Waals surface area contributed by atoms with Crippen molar-refractivity contribution in [2.45, 2.75) is 0 Å². The highest BCUT2D eigenvalue weighted by Gasteiger charge is 2.13. The average molecular weight is 331 g/mol. The number of rotatable bonds is 4. The van der Waals surface area contributed by atoms with E-state index >= 15 is 0 Å². The molecule has 0 bridgehead atoms. The first-order valence-electron chi connectivity index (χ1n) is 6.42. The number of aromatic carboxylic acids is 3. The van der Waals surface area contributed by atoms with Crippen LogP contribution in [0.3, 0.4) is 0 Å². The number of carbonyl (C=O) groups excluding carboxylic acids is 1. The molecule has 0 atom stereocenters. The number of primary amides is 1. The smallest absolute Gasteiger partial charge is 0.335 e. The Labute approximate surface area is 135 Å². The first-order chi connectivity index (χ1) is 11.2. The molecule has 5 N–H and O–H groups in total. The predicted octanol–water partition coefficient (Wildman–Crippen LogP) is 1.57. The molecule has 8 heteroatoms. The van der Waals surface area contributed by atoms with Gasteiger partial charge in [0.1, 0.15) is 0 Å². The highest BCUT2D eigenvalue weighted by atomic mass is 16.4. The summed E-state index contributed by atoms with van der Waals surface area (Å²) in [5, 5.41) is 25.7. The van der Waals surface area contributed by atoms with E-state index < -0.39 is 23.8 Å². The summed E-state index contributed by atoms with van der Waals surface area (Å²) in [6.07, 6.45) is 0. The van der Waals surface area contributed by atoms with Crippen molar-refractivity contribution in [1.82, 2.24) is 0 Å². The zero-order valence-electron chi connectivity index (χ0n) is 12.2. The van der Waals surface area contributed by atoms with Gasteiger partial charge in [-0.1, -0.05) is 18.2 Å². The maximum atomic E-state index is 10.8. The summed E-state index contributed by atoms with van der Waals surface area (Å²) in [5.41, 5.74) is 4.54. The van der Waals surface area contributed by atoms with Crippen LogP contribution >= 0.6 is 0 Å². The predicted molar refractivity (Wildman–Crippen MR) is 82.3 cm³/mol. The molecule has 8 nitrogen and oxygen atoms in total. The lowest BCUT2D eigenvalue weighted by atomic mass is 10.1. The molecular formula is C16H13NO7. The molecule has 0 aliphatic heterocycles. The van der Waals surface area contributed by atoms with Gasteiger partial charge in [0.2, 0.25) is 5.91 Å². The van der Waals surface area contributed by atoms with Crippen molar-refractivity contribution in [2.24, 2.45) is 5.73 Å². The molecule has 2 aromatic rings. The minimum Gasteiger partial charge on any atom is -0.478 e. The van der Waals surface area contributed by atoms with Crippen molar-refractivity contribution in [3.05, 3.63) is 70.8 Å². The van der Waals surface area contributed by atoms with Crippen molar-refractivity contribution in [3.8, 4) is 0 Å². The van der Waals surface area contributed by atoms with Gasteiger partial charge in [0, 0.05) is 5.56 Å². The molecule has 124 valence electrons. The van der Waals surface area contributed by atoms with E-state index in [1.807, 2.05) is 0 Å². The third-order valence-corrected chi connectivity index (χ3v) is 2.73. The minimum absolute atomic E-state index is 0.146. The van der Waals surface area contributed by atoms with Crippen LogP contribution in [-0.4, -0.2) is 39.1 Å². The summed E-state index contributed by atoms with van der Waals surface area (Å²) in [6, 6.07) is 11.3. The Morgan fingerprint density at radius 1 is 0.625 bits per heavy atom. The summed E-state index contributed by atoms with van der Waals surface area (Å²) < 4.78 is 0. The Morgan fingerprint density at radius 3 is 1.29 bits per heavy atom. The van der Waals surface area contributed by atoms with Crippen LogP contribution in [0, 0.1) is 0 Å². The van der Waals surface area contributed by atoms with E-state index in [0.717, 1.165) is 18.2 Å². The van der Waals surface area contributed by atoms with Gasteiger partial charge in [0.15, 0.2) is 0 Å². The van der Waals surface area contributed by atoms with Crippen molar-refractivity contribution in [1.29, 1.82) is 0 Å². The SMILES string of the molecule is NC(=O)c1cc(C(=O)O)cc(C(=O)O)c1.O=C(O)c1ccccc1. The number of nitrogens with two attached hydrogens (primary N) is 1. The number of carbonyl (C=O) groups is 4. The van der Waals surface area contributed by atoms with E-state index in [9.17, 15) is 19.2 Å². The van der Waals surface area contributed by atoms with Crippen LogP contribution in [0.2, 0.25) is 0 Å². The second-order valence-corrected chi connectivity index (χ2v) is 4.44. The fourth-order valence-electron chi connectivity index (χ4n) is 1.60. The molecule has 0 spiro atoms. The van der Waals surface area contributed by atoms with Gasteiger partial charge in [-0.15, -0.1) is 0 Å². The molecule has 0 aromatic heterocycles. The number of hydrogen-bond acceptors (Lipinski definition) is 4. The van der Waals surface area contributed by atoms with Gasteiger partial charge in [-0.25, -0.2) is 14.4 Å². The summed E-state index contributed by atoms with van der Waals surface area (Å²) in [4.78, 5) is 42.2. The Kier molecular flexibility index (Phi) is 6.19. The molecule has 2 rings (SSSR count). The third-order valence-electron chi connectivity index (χ3n) is 2.73. The van der Waals surface area contributed by atoms with Gasteiger partial charge in [-0.3, -0.25) is 4.79 Å². The first-order valence-corrected chi connectivity index (χ1v) is 6.42. The number of carboxylic acid groups (broad SMARTS) is 3. The summed E-state index contributed by atoms with van der Waals surface area (Å²) >= 11 is 0. The van der Waals surface area contributed by atoms with Gasteiger partial charge in [0.05, 0.1) is 16.7 Å². The molecule has 0 unspecified atom stereocenters. The Balaban J connectivity index is 0.000000272. The highest BCUT2D eigenvalue weighted by Crippen LogP contribution is 2.10. The first kappa shape index (κ1) is 18.4. The number of benzene rings is 2. The number of hydrogen-bond donors (Lipinski definition) is 4.